The molecule has 11 heteroatoms. The second-order valence-electron chi connectivity index (χ2n) is 14.8. The van der Waals surface area contributed by atoms with Crippen LogP contribution in [0.5, 0.6) is 0 Å². The van der Waals surface area contributed by atoms with Crippen molar-refractivity contribution in [3.05, 3.63) is 71.8 Å². The van der Waals surface area contributed by atoms with E-state index in [1.165, 1.54) is 5.01 Å². The van der Waals surface area contributed by atoms with Crippen LogP contribution >= 0.6 is 0 Å². The highest BCUT2D eigenvalue weighted by atomic mass is 16.3. The van der Waals surface area contributed by atoms with Crippen LogP contribution in [0, 0.1) is 11.8 Å². The molecule has 2 heterocycles. The van der Waals surface area contributed by atoms with Crippen molar-refractivity contribution in [1.82, 2.24) is 26.3 Å². The average molecular weight is 663 g/mol. The van der Waals surface area contributed by atoms with Crippen molar-refractivity contribution in [3.8, 4) is 0 Å². The molecule has 2 saturated heterocycles. The molecule has 262 valence electrons. The molecule has 2 aliphatic heterocycles. The van der Waals surface area contributed by atoms with Crippen molar-refractivity contribution in [2.75, 3.05) is 6.54 Å². The van der Waals surface area contributed by atoms with E-state index in [1.54, 1.807) is 0 Å². The number of rotatable bonds is 12. The number of hydrogen-bond donors (Lipinski definition) is 4. The molecular weight excluding hydrogens is 608 g/mol. The summed E-state index contributed by atoms with van der Waals surface area (Å²) < 4.78 is -0.414. The van der Waals surface area contributed by atoms with Crippen LogP contribution in [0.25, 0.3) is 0 Å². The average Bonchev–Trinajstić information content (AvgIpc) is 3.49. The van der Waals surface area contributed by atoms with Gasteiger partial charge in [0.05, 0.1) is 24.9 Å². The SMILES string of the molecule is CC[C@H](C)[C@H](NC(=O)[C@@H](NC(C)(C)C)C(C)C)C(=O)NC(=O)[C@@H]1CCC[N+]12C([O-])[C@H](Cc1ccccc1)NC(=O)N2Cc1ccccc1. The minimum atomic E-state index is -1.40. The number of nitrogens with one attached hydrogen (secondary N) is 4. The summed E-state index contributed by atoms with van der Waals surface area (Å²) in [6.07, 6.45) is 0.362. The molecule has 0 saturated carbocycles. The maximum atomic E-state index is 14.7. The summed E-state index contributed by atoms with van der Waals surface area (Å²) in [5, 5.41) is 27.9. The van der Waals surface area contributed by atoms with E-state index in [0.29, 0.717) is 25.7 Å². The molecule has 0 bridgehead atoms. The van der Waals surface area contributed by atoms with Crippen LogP contribution in [-0.4, -0.2) is 75.8 Å². The summed E-state index contributed by atoms with van der Waals surface area (Å²) in [7, 11) is 0. The number of hydrogen-bond acceptors (Lipinski definition) is 6. The molecule has 4 N–H and O–H groups in total. The Hall–Kier alpha value is -3.80. The molecule has 4 rings (SSSR count). The van der Waals surface area contributed by atoms with Gasteiger partial charge in [0, 0.05) is 18.4 Å². The molecule has 0 radical (unpaired) electrons. The minimum Gasteiger partial charge on any atom is -0.803 e. The van der Waals surface area contributed by atoms with Crippen LogP contribution in [-0.2, 0) is 27.3 Å². The quantitative estimate of drug-likeness (QED) is 0.258. The van der Waals surface area contributed by atoms with Crippen molar-refractivity contribution in [3.63, 3.8) is 0 Å². The first-order valence-electron chi connectivity index (χ1n) is 17.3. The highest BCUT2D eigenvalue weighted by molar-refractivity contribution is 6.01. The van der Waals surface area contributed by atoms with E-state index >= 15 is 0 Å². The van der Waals surface area contributed by atoms with Gasteiger partial charge in [0.2, 0.25) is 11.8 Å². The number of imide groups is 1. The number of carbonyl (C=O) groups excluding carboxylic acids is 4. The lowest BCUT2D eigenvalue weighted by molar-refractivity contribution is -1.10. The second kappa shape index (κ2) is 15.6. The van der Waals surface area contributed by atoms with E-state index in [9.17, 15) is 24.3 Å². The van der Waals surface area contributed by atoms with Crippen LogP contribution in [0.15, 0.2) is 60.7 Å². The number of nitrogens with zero attached hydrogens (tertiary/aromatic N) is 2. The number of carbonyl (C=O) groups is 4. The van der Waals surface area contributed by atoms with Gasteiger partial charge in [-0.3, -0.25) is 19.7 Å². The van der Waals surface area contributed by atoms with E-state index in [0.717, 1.165) is 11.1 Å². The molecule has 2 fully saturated rings. The zero-order valence-corrected chi connectivity index (χ0v) is 29.5. The zero-order chi connectivity index (χ0) is 35.2. The Bertz CT molecular complexity index is 1410. The van der Waals surface area contributed by atoms with Gasteiger partial charge in [0.15, 0.2) is 6.04 Å². The molecule has 2 unspecified atom stereocenters. The van der Waals surface area contributed by atoms with Gasteiger partial charge in [-0.1, -0.05) is 94.8 Å². The first kappa shape index (κ1) is 37.0. The standard InChI is InChI=1S/C37H54N6O5/c1-8-25(4)31(39-33(45)30(24(2)3)41-37(5,6)7)34(46)40-32(44)29-20-15-21-43(29)35(47)28(22-26-16-11-9-12-17-26)38-36(48)42(43)23-27-18-13-10-14-19-27/h9-14,16-19,24-25,28-31,35,41H,8,15,20-23H2,1-7H3,(H,38,48)(H,39,45)(H,40,44,46)/t25-,28-,29-,30-,31-,35?,43?/m0/s1. The molecule has 0 aliphatic carbocycles. The number of benzene rings is 2. The van der Waals surface area contributed by atoms with Crippen molar-refractivity contribution in [1.29, 1.82) is 0 Å². The number of amides is 5. The van der Waals surface area contributed by atoms with Gasteiger partial charge in [-0.2, -0.15) is 5.01 Å². The van der Waals surface area contributed by atoms with Crippen molar-refractivity contribution >= 4 is 23.8 Å². The van der Waals surface area contributed by atoms with Crippen molar-refractivity contribution in [2.45, 2.75) is 117 Å². The lowest BCUT2D eigenvalue weighted by Gasteiger charge is -2.58. The Morgan fingerprint density at radius 1 is 0.958 bits per heavy atom. The summed E-state index contributed by atoms with van der Waals surface area (Å²) in [6.45, 7) is 14.0. The predicted octanol–water partition coefficient (Wildman–Crippen LogP) is 2.99. The third-order valence-corrected chi connectivity index (χ3v) is 9.66. The highest BCUT2D eigenvalue weighted by Crippen LogP contribution is 2.37. The van der Waals surface area contributed by atoms with E-state index in [1.807, 2.05) is 109 Å². The third kappa shape index (κ3) is 8.43. The first-order chi connectivity index (χ1) is 22.7. The fourth-order valence-electron chi connectivity index (χ4n) is 6.98. The molecule has 7 atom stereocenters. The third-order valence-electron chi connectivity index (χ3n) is 9.66. The monoisotopic (exact) mass is 662 g/mol. The highest BCUT2D eigenvalue weighted by Gasteiger charge is 2.58. The predicted molar refractivity (Wildman–Crippen MR) is 182 cm³/mol. The van der Waals surface area contributed by atoms with Gasteiger partial charge in [0.1, 0.15) is 12.6 Å². The molecule has 1 spiro atoms. The number of urea groups is 1. The van der Waals surface area contributed by atoms with E-state index < -0.39 is 52.8 Å². The summed E-state index contributed by atoms with van der Waals surface area (Å²) >= 11 is 0. The van der Waals surface area contributed by atoms with Crippen molar-refractivity contribution in [2.24, 2.45) is 11.8 Å². The molecule has 2 aromatic rings. The van der Waals surface area contributed by atoms with Gasteiger partial charge in [-0.05, 0) is 50.2 Å². The Labute approximate surface area is 285 Å². The van der Waals surface area contributed by atoms with E-state index in [4.69, 9.17) is 0 Å². The fourth-order valence-corrected chi connectivity index (χ4v) is 6.98. The van der Waals surface area contributed by atoms with Gasteiger partial charge in [-0.15, -0.1) is 0 Å². The van der Waals surface area contributed by atoms with Gasteiger partial charge < -0.3 is 21.1 Å². The topological polar surface area (TPSA) is 143 Å². The molecule has 11 nitrogen and oxygen atoms in total. The van der Waals surface area contributed by atoms with Crippen LogP contribution in [0.2, 0.25) is 0 Å². The number of quaternary nitrogens is 1. The summed E-state index contributed by atoms with van der Waals surface area (Å²) in [5.41, 5.74) is 1.39. The maximum absolute atomic E-state index is 14.7. The van der Waals surface area contributed by atoms with Crippen LogP contribution in [0.1, 0.15) is 78.9 Å². The molecule has 0 aromatic heterocycles. The molecule has 5 amide bonds. The Morgan fingerprint density at radius 2 is 1.56 bits per heavy atom. The Kier molecular flexibility index (Phi) is 12.0. The lowest BCUT2D eigenvalue weighted by Crippen LogP contribution is -2.83. The molecule has 48 heavy (non-hydrogen) atoms. The first-order valence-corrected chi connectivity index (χ1v) is 17.3. The Balaban J connectivity index is 1.63. The van der Waals surface area contributed by atoms with Crippen molar-refractivity contribution < 1.29 is 28.9 Å². The Morgan fingerprint density at radius 3 is 2.12 bits per heavy atom. The van der Waals surface area contributed by atoms with Gasteiger partial charge in [0.25, 0.3) is 5.91 Å². The summed E-state index contributed by atoms with van der Waals surface area (Å²) in [6, 6.07) is 15.2. The van der Waals surface area contributed by atoms with E-state index in [2.05, 4.69) is 21.3 Å². The largest absolute Gasteiger partial charge is 0.803 e. The minimum absolute atomic E-state index is 0.0481. The molecular formula is C37H54N6O5. The van der Waals surface area contributed by atoms with Gasteiger partial charge >= 0.3 is 6.03 Å². The molecule has 2 aliphatic rings. The van der Waals surface area contributed by atoms with Gasteiger partial charge in [-0.25, -0.2) is 9.39 Å². The van der Waals surface area contributed by atoms with Crippen LogP contribution < -0.4 is 26.4 Å². The smallest absolute Gasteiger partial charge is 0.362 e. The fraction of sp³-hybridized carbons (Fsp3) is 0.568. The maximum Gasteiger partial charge on any atom is 0.362 e. The second-order valence-corrected chi connectivity index (χ2v) is 14.8. The molecule has 2 aromatic carbocycles. The summed E-state index contributed by atoms with van der Waals surface area (Å²) in [5.74, 6) is -1.87. The lowest BCUT2D eigenvalue weighted by atomic mass is 9.95. The zero-order valence-electron chi connectivity index (χ0n) is 29.5. The van der Waals surface area contributed by atoms with E-state index in [-0.39, 0.29) is 36.4 Å². The van der Waals surface area contributed by atoms with Crippen LogP contribution in [0.3, 0.4) is 0 Å². The van der Waals surface area contributed by atoms with Crippen LogP contribution in [0.4, 0.5) is 4.79 Å². The summed E-state index contributed by atoms with van der Waals surface area (Å²) in [4.78, 5) is 55.5. The normalized spacial score (nSPS) is 24.6.